The van der Waals surface area contributed by atoms with Crippen LogP contribution in [-0.2, 0) is 0 Å². The van der Waals surface area contributed by atoms with Crippen LogP contribution in [0.4, 0.5) is 8.78 Å². The standard InChI is InChI=1S/C13H16ClF2N3O.ClH/c14-10-8-12(16)11(15)7-9(10)13(20)18-3-6-19-4-1-17-2-5-19;/h7-8,17H,1-6H2,(H,18,20);1H. The fourth-order valence-electron chi connectivity index (χ4n) is 2.05. The summed E-state index contributed by atoms with van der Waals surface area (Å²) in [7, 11) is 0. The maximum Gasteiger partial charge on any atom is 0.252 e. The van der Waals surface area contributed by atoms with Crippen molar-refractivity contribution >= 4 is 29.9 Å². The van der Waals surface area contributed by atoms with Crippen molar-refractivity contribution in [2.45, 2.75) is 0 Å². The second-order valence-corrected chi connectivity index (χ2v) is 5.00. The Hall–Kier alpha value is -0.950. The van der Waals surface area contributed by atoms with Crippen molar-refractivity contribution in [3.8, 4) is 0 Å². The number of nitrogens with one attached hydrogen (secondary N) is 2. The zero-order valence-corrected chi connectivity index (χ0v) is 12.9. The van der Waals surface area contributed by atoms with Gasteiger partial charge in [-0.3, -0.25) is 9.69 Å². The fraction of sp³-hybridized carbons (Fsp3) is 0.462. The van der Waals surface area contributed by atoms with Crippen LogP contribution in [0.25, 0.3) is 0 Å². The van der Waals surface area contributed by atoms with Gasteiger partial charge in [0.05, 0.1) is 10.6 Å². The van der Waals surface area contributed by atoms with Crippen molar-refractivity contribution in [1.82, 2.24) is 15.5 Å². The number of carbonyl (C=O) groups excluding carboxylic acids is 1. The van der Waals surface area contributed by atoms with Crippen molar-refractivity contribution in [3.63, 3.8) is 0 Å². The molecule has 1 fully saturated rings. The smallest absolute Gasteiger partial charge is 0.252 e. The summed E-state index contributed by atoms with van der Waals surface area (Å²) in [5.74, 6) is -2.64. The monoisotopic (exact) mass is 339 g/mol. The summed E-state index contributed by atoms with van der Waals surface area (Å²) < 4.78 is 26.0. The van der Waals surface area contributed by atoms with Gasteiger partial charge in [-0.15, -0.1) is 12.4 Å². The molecule has 2 rings (SSSR count). The highest BCUT2D eigenvalue weighted by Gasteiger charge is 2.15. The van der Waals surface area contributed by atoms with Gasteiger partial charge in [0, 0.05) is 39.3 Å². The first-order valence-electron chi connectivity index (χ1n) is 6.44. The molecule has 1 aromatic rings. The molecule has 0 unspecified atom stereocenters. The van der Waals surface area contributed by atoms with Crippen LogP contribution in [0.1, 0.15) is 10.4 Å². The van der Waals surface area contributed by atoms with Gasteiger partial charge in [0.25, 0.3) is 5.91 Å². The average molecular weight is 340 g/mol. The molecule has 0 aliphatic carbocycles. The van der Waals surface area contributed by atoms with Gasteiger partial charge in [0.1, 0.15) is 0 Å². The van der Waals surface area contributed by atoms with Crippen molar-refractivity contribution in [3.05, 3.63) is 34.4 Å². The van der Waals surface area contributed by atoms with E-state index < -0.39 is 17.5 Å². The Morgan fingerprint density at radius 3 is 2.57 bits per heavy atom. The van der Waals surface area contributed by atoms with Gasteiger partial charge in [0.2, 0.25) is 0 Å². The van der Waals surface area contributed by atoms with Crippen LogP contribution >= 0.6 is 24.0 Å². The SMILES string of the molecule is Cl.O=C(NCCN1CCNCC1)c1cc(F)c(F)cc1Cl. The maximum absolute atomic E-state index is 13.1. The first kappa shape index (κ1) is 18.1. The zero-order chi connectivity index (χ0) is 14.5. The molecule has 0 spiro atoms. The molecule has 21 heavy (non-hydrogen) atoms. The quantitative estimate of drug-likeness (QED) is 0.820. The average Bonchev–Trinajstić information content (AvgIpc) is 2.44. The third kappa shape index (κ3) is 5.07. The van der Waals surface area contributed by atoms with Crippen LogP contribution in [0, 0.1) is 11.6 Å². The lowest BCUT2D eigenvalue weighted by molar-refractivity contribution is 0.0947. The highest BCUT2D eigenvalue weighted by Crippen LogP contribution is 2.19. The number of rotatable bonds is 4. The van der Waals surface area contributed by atoms with Crippen LogP contribution < -0.4 is 10.6 Å². The van der Waals surface area contributed by atoms with Gasteiger partial charge in [0.15, 0.2) is 11.6 Å². The number of nitrogens with zero attached hydrogens (tertiary/aromatic N) is 1. The van der Waals surface area contributed by atoms with E-state index in [1.54, 1.807) is 0 Å². The Labute approximate surface area is 133 Å². The third-order valence-corrected chi connectivity index (χ3v) is 3.49. The zero-order valence-electron chi connectivity index (χ0n) is 11.3. The summed E-state index contributed by atoms with van der Waals surface area (Å²) in [5, 5.41) is 5.80. The van der Waals surface area contributed by atoms with E-state index in [-0.39, 0.29) is 23.0 Å². The topological polar surface area (TPSA) is 44.4 Å². The lowest BCUT2D eigenvalue weighted by Crippen LogP contribution is -2.46. The lowest BCUT2D eigenvalue weighted by Gasteiger charge is -2.27. The molecule has 8 heteroatoms. The molecule has 0 atom stereocenters. The van der Waals surface area contributed by atoms with E-state index >= 15 is 0 Å². The van der Waals surface area contributed by atoms with Crippen LogP contribution in [0.3, 0.4) is 0 Å². The Balaban J connectivity index is 0.00000220. The number of piperazine rings is 1. The molecule has 4 nitrogen and oxygen atoms in total. The van der Waals surface area contributed by atoms with E-state index in [1.165, 1.54) is 0 Å². The van der Waals surface area contributed by atoms with E-state index in [0.29, 0.717) is 13.1 Å². The third-order valence-electron chi connectivity index (χ3n) is 3.18. The van der Waals surface area contributed by atoms with Crippen molar-refractivity contribution in [2.75, 3.05) is 39.3 Å². The molecule has 1 saturated heterocycles. The minimum atomic E-state index is -1.08. The summed E-state index contributed by atoms with van der Waals surface area (Å²) in [5.41, 5.74) is -0.0501. The normalized spacial score (nSPS) is 15.4. The predicted molar refractivity (Wildman–Crippen MR) is 80.3 cm³/mol. The predicted octanol–water partition coefficient (Wildman–Crippen LogP) is 1.67. The number of carbonyl (C=O) groups is 1. The van der Waals surface area contributed by atoms with Crippen LogP contribution in [-0.4, -0.2) is 50.1 Å². The van der Waals surface area contributed by atoms with E-state index in [4.69, 9.17) is 11.6 Å². The number of benzene rings is 1. The lowest BCUT2D eigenvalue weighted by atomic mass is 10.2. The Bertz CT molecular complexity index is 497. The van der Waals surface area contributed by atoms with Gasteiger partial charge >= 0.3 is 0 Å². The van der Waals surface area contributed by atoms with Gasteiger partial charge in [-0.2, -0.15) is 0 Å². The summed E-state index contributed by atoms with van der Waals surface area (Å²) >= 11 is 5.74. The second-order valence-electron chi connectivity index (χ2n) is 4.59. The number of hydrogen-bond acceptors (Lipinski definition) is 3. The van der Waals surface area contributed by atoms with E-state index in [9.17, 15) is 13.6 Å². The van der Waals surface area contributed by atoms with Gasteiger partial charge in [-0.1, -0.05) is 11.6 Å². The van der Waals surface area contributed by atoms with E-state index in [1.807, 2.05) is 0 Å². The molecule has 1 heterocycles. The maximum atomic E-state index is 13.1. The minimum absolute atomic E-state index is 0. The molecule has 0 aromatic heterocycles. The summed E-state index contributed by atoms with van der Waals surface area (Å²) in [6.07, 6.45) is 0. The minimum Gasteiger partial charge on any atom is -0.351 e. The summed E-state index contributed by atoms with van der Waals surface area (Å²) in [6.45, 7) is 4.89. The van der Waals surface area contributed by atoms with Crippen molar-refractivity contribution in [2.24, 2.45) is 0 Å². The van der Waals surface area contributed by atoms with E-state index in [2.05, 4.69) is 15.5 Å². The molecule has 118 valence electrons. The highest BCUT2D eigenvalue weighted by molar-refractivity contribution is 6.33. The van der Waals surface area contributed by atoms with Crippen molar-refractivity contribution in [1.29, 1.82) is 0 Å². The number of halogens is 4. The second kappa shape index (κ2) is 8.48. The van der Waals surface area contributed by atoms with E-state index in [0.717, 1.165) is 38.3 Å². The van der Waals surface area contributed by atoms with Crippen LogP contribution in [0.15, 0.2) is 12.1 Å². The molecule has 1 amide bonds. The van der Waals surface area contributed by atoms with Gasteiger partial charge < -0.3 is 10.6 Å². The van der Waals surface area contributed by atoms with Crippen LogP contribution in [0.2, 0.25) is 5.02 Å². The molecular weight excluding hydrogens is 323 g/mol. The largest absolute Gasteiger partial charge is 0.351 e. The molecule has 1 aromatic carbocycles. The van der Waals surface area contributed by atoms with Gasteiger partial charge in [-0.25, -0.2) is 8.78 Å². The Morgan fingerprint density at radius 1 is 1.29 bits per heavy atom. The first-order chi connectivity index (χ1) is 9.58. The van der Waals surface area contributed by atoms with Crippen molar-refractivity contribution < 1.29 is 13.6 Å². The van der Waals surface area contributed by atoms with Crippen LogP contribution in [0.5, 0.6) is 0 Å². The molecule has 0 radical (unpaired) electrons. The summed E-state index contributed by atoms with van der Waals surface area (Å²) in [4.78, 5) is 14.1. The Kier molecular flexibility index (Phi) is 7.31. The molecule has 1 aliphatic rings. The highest BCUT2D eigenvalue weighted by atomic mass is 35.5. The summed E-state index contributed by atoms with van der Waals surface area (Å²) in [6, 6.07) is 1.62. The molecule has 0 saturated carbocycles. The Morgan fingerprint density at radius 2 is 1.90 bits per heavy atom. The first-order valence-corrected chi connectivity index (χ1v) is 6.81. The molecule has 0 bridgehead atoms. The van der Waals surface area contributed by atoms with Gasteiger partial charge in [-0.05, 0) is 12.1 Å². The molecule has 2 N–H and O–H groups in total. The molecular formula is C13H17Cl2F2N3O. The number of hydrogen-bond donors (Lipinski definition) is 2. The number of amides is 1. The molecule has 1 aliphatic heterocycles. The fourth-order valence-corrected chi connectivity index (χ4v) is 2.29.